The molecule has 0 saturated heterocycles. The van der Waals surface area contributed by atoms with E-state index in [1.165, 1.54) is 0 Å². The highest BCUT2D eigenvalue weighted by Gasteiger charge is 2.11. The van der Waals surface area contributed by atoms with Gasteiger partial charge < -0.3 is 9.64 Å². The maximum Gasteiger partial charge on any atom is 0.119 e. The third kappa shape index (κ3) is 5.82. The molecule has 98 valence electrons. The predicted molar refractivity (Wildman–Crippen MR) is 77.1 cm³/mol. The van der Waals surface area contributed by atoms with Gasteiger partial charge in [0.2, 0.25) is 0 Å². The molecule has 0 aliphatic rings. The van der Waals surface area contributed by atoms with Crippen LogP contribution in [-0.2, 0) is 0 Å². The van der Waals surface area contributed by atoms with E-state index in [1.54, 1.807) is 7.11 Å². The van der Waals surface area contributed by atoms with E-state index >= 15 is 0 Å². The molecule has 0 aliphatic heterocycles. The van der Waals surface area contributed by atoms with Crippen molar-refractivity contribution in [2.45, 2.75) is 5.38 Å². The van der Waals surface area contributed by atoms with E-state index in [-0.39, 0.29) is 17.8 Å². The Morgan fingerprint density at radius 3 is 2.71 bits per heavy atom. The molecule has 0 N–H and O–H groups in total. The lowest BCUT2D eigenvalue weighted by atomic mass is 10.1. The average Bonchev–Trinajstić information content (AvgIpc) is 2.29. The Balaban J connectivity index is 0.00000256. The van der Waals surface area contributed by atoms with Crippen LogP contribution in [0.4, 0.5) is 0 Å². The lowest BCUT2D eigenvalue weighted by Gasteiger charge is -2.19. The summed E-state index contributed by atoms with van der Waals surface area (Å²) in [6.07, 6.45) is 0. The molecule has 0 aliphatic carbocycles. The van der Waals surface area contributed by atoms with Gasteiger partial charge in [-0.3, -0.25) is 0 Å². The van der Waals surface area contributed by atoms with Gasteiger partial charge in [-0.15, -0.1) is 35.6 Å². The molecule has 0 aromatic heterocycles. The zero-order chi connectivity index (χ0) is 12.0. The highest BCUT2D eigenvalue weighted by atomic mass is 35.5. The number of likely N-dealkylation sites (N-methyl/N-ethyl adjacent to an activating group) is 1. The first kappa shape index (κ1) is 16.9. The fourth-order valence-corrected chi connectivity index (χ4v) is 2.11. The quantitative estimate of drug-likeness (QED) is 0.745. The van der Waals surface area contributed by atoms with E-state index in [2.05, 4.69) is 4.90 Å². The molecule has 1 aromatic rings. The Labute approximate surface area is 119 Å². The van der Waals surface area contributed by atoms with Gasteiger partial charge in [0.05, 0.1) is 12.5 Å². The van der Waals surface area contributed by atoms with Crippen molar-refractivity contribution in [3.63, 3.8) is 0 Å². The SMILES string of the molecule is COc1cccc(C(Cl)CN(C)CCCl)c1.Cl. The molecule has 1 aromatic carbocycles. The van der Waals surface area contributed by atoms with Crippen molar-refractivity contribution in [3.05, 3.63) is 29.8 Å². The summed E-state index contributed by atoms with van der Waals surface area (Å²) in [6, 6.07) is 7.83. The number of rotatable bonds is 6. The van der Waals surface area contributed by atoms with E-state index in [0.29, 0.717) is 5.88 Å². The Morgan fingerprint density at radius 1 is 1.41 bits per heavy atom. The van der Waals surface area contributed by atoms with Gasteiger partial charge in [0, 0.05) is 19.0 Å². The summed E-state index contributed by atoms with van der Waals surface area (Å²) in [4.78, 5) is 2.12. The molecule has 0 fully saturated rings. The second-order valence-corrected chi connectivity index (χ2v) is 4.60. The monoisotopic (exact) mass is 297 g/mol. The van der Waals surface area contributed by atoms with Crippen LogP contribution in [0.5, 0.6) is 5.75 Å². The Morgan fingerprint density at radius 2 is 2.12 bits per heavy atom. The van der Waals surface area contributed by atoms with E-state index in [0.717, 1.165) is 24.4 Å². The largest absolute Gasteiger partial charge is 0.497 e. The molecular weight excluding hydrogens is 280 g/mol. The summed E-state index contributed by atoms with van der Waals surface area (Å²) < 4.78 is 5.16. The van der Waals surface area contributed by atoms with Crippen LogP contribution in [0.1, 0.15) is 10.9 Å². The van der Waals surface area contributed by atoms with Crippen molar-refractivity contribution in [3.8, 4) is 5.75 Å². The molecule has 0 amide bonds. The van der Waals surface area contributed by atoms with Crippen molar-refractivity contribution in [1.82, 2.24) is 4.90 Å². The van der Waals surface area contributed by atoms with Crippen LogP contribution in [0.3, 0.4) is 0 Å². The Hall–Kier alpha value is -0.150. The highest BCUT2D eigenvalue weighted by Crippen LogP contribution is 2.24. The smallest absolute Gasteiger partial charge is 0.119 e. The molecule has 5 heteroatoms. The van der Waals surface area contributed by atoms with Crippen LogP contribution >= 0.6 is 35.6 Å². The summed E-state index contributed by atoms with van der Waals surface area (Å²) in [5.74, 6) is 1.46. The number of halogens is 3. The van der Waals surface area contributed by atoms with Crippen LogP contribution in [0.2, 0.25) is 0 Å². The molecule has 1 atom stereocenters. The highest BCUT2D eigenvalue weighted by molar-refractivity contribution is 6.21. The summed E-state index contributed by atoms with van der Waals surface area (Å²) in [5, 5.41) is -0.0386. The van der Waals surface area contributed by atoms with Crippen LogP contribution in [0, 0.1) is 0 Å². The Bertz CT molecular complexity index is 322. The molecule has 0 bridgehead atoms. The molecule has 1 unspecified atom stereocenters. The average molecular weight is 299 g/mol. The standard InChI is InChI=1S/C12H17Cl2NO.ClH/c1-15(7-6-13)9-12(14)10-4-3-5-11(8-10)16-2;/h3-5,8,12H,6-7,9H2,1-2H3;1H. The fraction of sp³-hybridized carbons (Fsp3) is 0.500. The molecule has 0 heterocycles. The number of alkyl halides is 2. The number of methoxy groups -OCH3 is 1. The zero-order valence-corrected chi connectivity index (χ0v) is 12.4. The molecule has 0 saturated carbocycles. The third-order valence-corrected chi connectivity index (χ3v) is 2.95. The second-order valence-electron chi connectivity index (χ2n) is 3.70. The number of hydrogen-bond acceptors (Lipinski definition) is 2. The molecule has 1 rings (SSSR count). The van der Waals surface area contributed by atoms with Gasteiger partial charge in [-0.1, -0.05) is 12.1 Å². The molecule has 0 spiro atoms. The van der Waals surface area contributed by atoms with Crippen LogP contribution < -0.4 is 4.74 Å². The van der Waals surface area contributed by atoms with Crippen molar-refractivity contribution < 1.29 is 4.74 Å². The lowest BCUT2D eigenvalue weighted by molar-refractivity contribution is 0.354. The maximum absolute atomic E-state index is 6.33. The topological polar surface area (TPSA) is 12.5 Å². The van der Waals surface area contributed by atoms with Crippen LogP contribution in [0.15, 0.2) is 24.3 Å². The molecule has 17 heavy (non-hydrogen) atoms. The van der Waals surface area contributed by atoms with Crippen molar-refractivity contribution in [1.29, 1.82) is 0 Å². The minimum absolute atomic E-state index is 0. The van der Waals surface area contributed by atoms with E-state index < -0.39 is 0 Å². The lowest BCUT2D eigenvalue weighted by Crippen LogP contribution is -2.24. The van der Waals surface area contributed by atoms with Gasteiger partial charge in [-0.25, -0.2) is 0 Å². The number of ether oxygens (including phenoxy) is 1. The van der Waals surface area contributed by atoms with Gasteiger partial charge in [0.25, 0.3) is 0 Å². The second kappa shape index (κ2) is 8.87. The van der Waals surface area contributed by atoms with Crippen LogP contribution in [-0.4, -0.2) is 38.0 Å². The summed E-state index contributed by atoms with van der Waals surface area (Å²) in [5.41, 5.74) is 1.07. The number of benzene rings is 1. The first-order valence-corrected chi connectivity index (χ1v) is 6.17. The van der Waals surface area contributed by atoms with Gasteiger partial charge >= 0.3 is 0 Å². The fourth-order valence-electron chi connectivity index (χ4n) is 1.45. The molecule has 0 radical (unpaired) electrons. The zero-order valence-electron chi connectivity index (χ0n) is 10.0. The first-order chi connectivity index (χ1) is 7.67. The van der Waals surface area contributed by atoms with Gasteiger partial charge in [0.15, 0.2) is 0 Å². The normalized spacial score (nSPS) is 12.1. The van der Waals surface area contributed by atoms with E-state index in [1.807, 2.05) is 31.3 Å². The predicted octanol–water partition coefficient (Wildman–Crippen LogP) is 3.57. The summed E-state index contributed by atoms with van der Waals surface area (Å²) >= 11 is 12.0. The summed E-state index contributed by atoms with van der Waals surface area (Å²) in [6.45, 7) is 1.62. The van der Waals surface area contributed by atoms with Gasteiger partial charge in [-0.2, -0.15) is 0 Å². The molecular formula is C12H18Cl3NO. The van der Waals surface area contributed by atoms with Gasteiger partial charge in [0.1, 0.15) is 5.75 Å². The first-order valence-electron chi connectivity index (χ1n) is 5.20. The molecule has 2 nitrogen and oxygen atoms in total. The van der Waals surface area contributed by atoms with E-state index in [4.69, 9.17) is 27.9 Å². The van der Waals surface area contributed by atoms with Crippen molar-refractivity contribution in [2.75, 3.05) is 33.1 Å². The van der Waals surface area contributed by atoms with Gasteiger partial charge in [-0.05, 0) is 24.7 Å². The summed E-state index contributed by atoms with van der Waals surface area (Å²) in [7, 11) is 3.67. The van der Waals surface area contributed by atoms with Crippen LogP contribution in [0.25, 0.3) is 0 Å². The third-order valence-electron chi connectivity index (χ3n) is 2.39. The number of hydrogen-bond donors (Lipinski definition) is 0. The van der Waals surface area contributed by atoms with Crippen molar-refractivity contribution in [2.24, 2.45) is 0 Å². The van der Waals surface area contributed by atoms with E-state index in [9.17, 15) is 0 Å². The number of nitrogens with zero attached hydrogens (tertiary/aromatic N) is 1. The van der Waals surface area contributed by atoms with Crippen molar-refractivity contribution >= 4 is 35.6 Å². The maximum atomic E-state index is 6.33. The minimum Gasteiger partial charge on any atom is -0.497 e. The Kier molecular flexibility index (Phi) is 8.79. The minimum atomic E-state index is -0.0386.